The van der Waals surface area contributed by atoms with Crippen molar-refractivity contribution in [3.8, 4) is 0 Å². The van der Waals surface area contributed by atoms with E-state index in [0.717, 1.165) is 5.75 Å². The molecular formula is C13H13FN5S+. The monoisotopic (exact) mass is 290 g/mol. The third kappa shape index (κ3) is 4.77. The quantitative estimate of drug-likeness (QED) is 0.529. The van der Waals surface area contributed by atoms with Crippen molar-refractivity contribution >= 4 is 23.1 Å². The summed E-state index contributed by atoms with van der Waals surface area (Å²) in [5.74, 6) is 0.737. The summed E-state index contributed by atoms with van der Waals surface area (Å²) in [6.45, 7) is 0. The van der Waals surface area contributed by atoms with Crippen LogP contribution in [0.5, 0.6) is 0 Å². The smallest absolute Gasteiger partial charge is 0.251 e. The highest BCUT2D eigenvalue weighted by Crippen LogP contribution is 2.11. The molecule has 0 bridgehead atoms. The van der Waals surface area contributed by atoms with Crippen molar-refractivity contribution in [3.63, 3.8) is 0 Å². The molecule has 20 heavy (non-hydrogen) atoms. The van der Waals surface area contributed by atoms with E-state index in [1.54, 1.807) is 0 Å². The Bertz CT molecular complexity index is 598. The van der Waals surface area contributed by atoms with Gasteiger partial charge in [-0.25, -0.2) is 0 Å². The summed E-state index contributed by atoms with van der Waals surface area (Å²) in [7, 11) is 0. The average Bonchev–Trinajstić information content (AvgIpc) is 2.48. The second-order valence-corrected chi connectivity index (χ2v) is 4.80. The molecule has 0 fully saturated rings. The molecule has 0 aliphatic heterocycles. The number of nitrogens with zero attached hydrogens (tertiary/aromatic N) is 4. The fourth-order valence-corrected chi connectivity index (χ4v) is 1.95. The zero-order chi connectivity index (χ0) is 14.2. The van der Waals surface area contributed by atoms with Gasteiger partial charge in [0.15, 0.2) is 5.17 Å². The first-order valence-corrected chi connectivity index (χ1v) is 6.80. The molecule has 0 radical (unpaired) electrons. The van der Waals surface area contributed by atoms with Crippen LogP contribution in [0.2, 0.25) is 0 Å². The van der Waals surface area contributed by atoms with Crippen molar-refractivity contribution in [1.29, 1.82) is 0 Å². The van der Waals surface area contributed by atoms with Crippen LogP contribution < -0.4 is 10.6 Å². The molecule has 0 atom stereocenters. The minimum absolute atomic E-state index is 0.213. The lowest BCUT2D eigenvalue weighted by atomic mass is 10.2. The van der Waals surface area contributed by atoms with Crippen LogP contribution in [0.1, 0.15) is 11.1 Å². The third-order valence-electron chi connectivity index (χ3n) is 2.30. The molecule has 0 amide bonds. The first-order chi connectivity index (χ1) is 9.74. The zero-order valence-electron chi connectivity index (χ0n) is 10.6. The summed E-state index contributed by atoms with van der Waals surface area (Å²) in [5, 5.41) is 11.5. The van der Waals surface area contributed by atoms with Gasteiger partial charge < -0.3 is 5.73 Å². The Balaban J connectivity index is 1.86. The summed E-state index contributed by atoms with van der Waals surface area (Å²) in [6, 6.07) is 11.5. The SMILES string of the molecule is N/C(=N/N=C/c1cc[n+](F)nc1)SCc1ccccc1. The molecule has 5 nitrogen and oxygen atoms in total. The number of halogens is 1. The van der Waals surface area contributed by atoms with Gasteiger partial charge in [0, 0.05) is 22.5 Å². The molecule has 1 heterocycles. The molecule has 0 aliphatic carbocycles. The summed E-state index contributed by atoms with van der Waals surface area (Å²) in [6.07, 6.45) is 3.98. The standard InChI is InChI=1S/C13H12FN5S/c14-19-7-6-12(9-17-19)8-16-18-13(15)20-10-11-4-2-1-3-5-11/h1-9,15H,10H2/p+1. The Hall–Kier alpha value is -2.28. The molecule has 0 unspecified atom stereocenters. The normalized spacial score (nSPS) is 11.9. The Labute approximate surface area is 120 Å². The van der Waals surface area contributed by atoms with E-state index in [1.807, 2.05) is 30.3 Å². The Kier molecular flexibility index (Phi) is 5.19. The molecule has 7 heteroatoms. The summed E-state index contributed by atoms with van der Waals surface area (Å²) in [5.41, 5.74) is 7.54. The Morgan fingerprint density at radius 2 is 2.15 bits per heavy atom. The van der Waals surface area contributed by atoms with E-state index in [9.17, 15) is 4.48 Å². The lowest BCUT2D eigenvalue weighted by Gasteiger charge is -1.98. The van der Waals surface area contributed by atoms with E-state index in [2.05, 4.69) is 15.3 Å². The number of hydrogen-bond donors (Lipinski definition) is 1. The van der Waals surface area contributed by atoms with E-state index < -0.39 is 0 Å². The Morgan fingerprint density at radius 3 is 2.85 bits per heavy atom. The largest absolute Gasteiger partial charge is 0.377 e. The van der Waals surface area contributed by atoms with Crippen LogP contribution in [0.25, 0.3) is 0 Å². The number of thioether (sulfide) groups is 1. The van der Waals surface area contributed by atoms with Crippen molar-refractivity contribution in [2.75, 3.05) is 0 Å². The van der Waals surface area contributed by atoms with E-state index in [1.165, 1.54) is 42.0 Å². The lowest BCUT2D eigenvalue weighted by molar-refractivity contribution is -0.891. The van der Waals surface area contributed by atoms with Gasteiger partial charge in [-0.05, 0) is 5.56 Å². The molecule has 0 saturated carbocycles. The number of rotatable bonds is 4. The molecule has 0 saturated heterocycles. The van der Waals surface area contributed by atoms with Crippen molar-refractivity contribution < 1.29 is 9.39 Å². The van der Waals surface area contributed by atoms with Gasteiger partial charge in [0.1, 0.15) is 15.6 Å². The first-order valence-electron chi connectivity index (χ1n) is 5.81. The number of aromatic nitrogens is 2. The average molecular weight is 290 g/mol. The van der Waals surface area contributed by atoms with Crippen LogP contribution in [0, 0.1) is 0 Å². The number of nitrogens with two attached hydrogens (primary N) is 1. The molecule has 2 N–H and O–H groups in total. The van der Waals surface area contributed by atoms with Crippen LogP contribution >= 0.6 is 11.8 Å². The van der Waals surface area contributed by atoms with Gasteiger partial charge in [0.25, 0.3) is 6.20 Å². The van der Waals surface area contributed by atoms with Crippen molar-refractivity contribution in [3.05, 3.63) is 59.9 Å². The summed E-state index contributed by atoms with van der Waals surface area (Å²) < 4.78 is 12.5. The maximum absolute atomic E-state index is 12.5. The minimum Gasteiger partial charge on any atom is -0.377 e. The van der Waals surface area contributed by atoms with Crippen LogP contribution in [0.15, 0.2) is 59.0 Å². The highest BCUT2D eigenvalue weighted by atomic mass is 32.2. The highest BCUT2D eigenvalue weighted by molar-refractivity contribution is 8.13. The van der Waals surface area contributed by atoms with E-state index in [-0.39, 0.29) is 4.90 Å². The van der Waals surface area contributed by atoms with Gasteiger partial charge in [-0.1, -0.05) is 42.1 Å². The molecule has 2 aromatic rings. The van der Waals surface area contributed by atoms with Gasteiger partial charge in [0.2, 0.25) is 0 Å². The van der Waals surface area contributed by atoms with Gasteiger partial charge in [0.05, 0.1) is 6.21 Å². The van der Waals surface area contributed by atoms with E-state index in [4.69, 9.17) is 5.73 Å². The van der Waals surface area contributed by atoms with Gasteiger partial charge >= 0.3 is 0 Å². The fraction of sp³-hybridized carbons (Fsp3) is 0.0769. The van der Waals surface area contributed by atoms with Crippen LogP contribution in [-0.2, 0) is 5.75 Å². The topological polar surface area (TPSA) is 67.5 Å². The highest BCUT2D eigenvalue weighted by Gasteiger charge is 1.98. The summed E-state index contributed by atoms with van der Waals surface area (Å²) in [4.78, 5) is 0.213. The number of benzene rings is 1. The van der Waals surface area contributed by atoms with Gasteiger partial charge in [-0.3, -0.25) is 0 Å². The first kappa shape index (κ1) is 14.1. The predicted molar refractivity (Wildman–Crippen MR) is 77.9 cm³/mol. The van der Waals surface area contributed by atoms with E-state index in [0.29, 0.717) is 10.7 Å². The molecule has 0 aliphatic rings. The van der Waals surface area contributed by atoms with Crippen LogP contribution in [0.4, 0.5) is 4.48 Å². The zero-order valence-corrected chi connectivity index (χ0v) is 11.4. The molecule has 0 spiro atoms. The second-order valence-electron chi connectivity index (χ2n) is 3.81. The number of amidine groups is 1. The maximum atomic E-state index is 12.5. The number of hydrogen-bond acceptors (Lipinski definition) is 4. The molecule has 2 rings (SSSR count). The van der Waals surface area contributed by atoms with Crippen molar-refractivity contribution in [2.45, 2.75) is 5.75 Å². The molecule has 1 aromatic carbocycles. The van der Waals surface area contributed by atoms with Gasteiger partial charge in [-0.2, -0.15) is 5.10 Å². The fourth-order valence-electron chi connectivity index (χ4n) is 1.34. The van der Waals surface area contributed by atoms with Crippen LogP contribution in [-0.4, -0.2) is 16.5 Å². The second kappa shape index (κ2) is 7.34. The lowest BCUT2D eigenvalue weighted by Crippen LogP contribution is -2.26. The van der Waals surface area contributed by atoms with Gasteiger partial charge in [-0.15, -0.1) is 5.10 Å². The predicted octanol–water partition coefficient (Wildman–Crippen LogP) is 1.68. The molecule has 102 valence electrons. The summed E-state index contributed by atoms with van der Waals surface area (Å²) >= 11 is 1.40. The minimum atomic E-state index is 0.213. The van der Waals surface area contributed by atoms with Crippen molar-refractivity contribution in [1.82, 2.24) is 5.10 Å². The van der Waals surface area contributed by atoms with Crippen molar-refractivity contribution in [2.24, 2.45) is 15.9 Å². The maximum Gasteiger partial charge on any atom is 0.251 e. The van der Waals surface area contributed by atoms with E-state index >= 15 is 0 Å². The van der Waals surface area contributed by atoms with Crippen LogP contribution in [0.3, 0.4) is 0 Å². The molecular weight excluding hydrogens is 277 g/mol. The third-order valence-corrected chi connectivity index (χ3v) is 3.15. The molecule has 1 aromatic heterocycles. The Morgan fingerprint density at radius 1 is 1.35 bits per heavy atom.